The van der Waals surface area contributed by atoms with Gasteiger partial charge in [-0.15, -0.1) is 0 Å². The second kappa shape index (κ2) is 4.86. The normalized spacial score (nSPS) is 25.2. The predicted octanol–water partition coefficient (Wildman–Crippen LogP) is 1.90. The third kappa shape index (κ3) is 3.33. The summed E-state index contributed by atoms with van der Waals surface area (Å²) >= 11 is 3.17. The maximum absolute atomic E-state index is 13.1. The monoisotopic (exact) mass is 349 g/mol. The zero-order valence-corrected chi connectivity index (χ0v) is 12.6. The number of nitrogens with one attached hydrogen (secondary N) is 1. The van der Waals surface area contributed by atoms with Gasteiger partial charge in [0.2, 0.25) is 0 Å². The van der Waals surface area contributed by atoms with Crippen molar-refractivity contribution in [1.82, 2.24) is 5.32 Å². The number of carbonyl (C=O) groups is 1. The highest BCUT2D eigenvalue weighted by Crippen LogP contribution is 2.25. The van der Waals surface area contributed by atoms with Gasteiger partial charge in [0, 0.05) is 4.47 Å². The molecule has 0 spiro atoms. The van der Waals surface area contributed by atoms with Gasteiger partial charge in [0.05, 0.1) is 22.6 Å². The quantitative estimate of drug-likeness (QED) is 0.886. The lowest BCUT2D eigenvalue weighted by atomic mass is 10.0. The molecule has 0 unspecified atom stereocenters. The van der Waals surface area contributed by atoms with Gasteiger partial charge in [0.1, 0.15) is 5.82 Å². The lowest BCUT2D eigenvalue weighted by molar-refractivity contribution is 0.0914. The molecule has 1 N–H and O–H groups in total. The van der Waals surface area contributed by atoms with E-state index in [-0.39, 0.29) is 17.1 Å². The van der Waals surface area contributed by atoms with Gasteiger partial charge in [-0.3, -0.25) is 4.79 Å². The van der Waals surface area contributed by atoms with Crippen LogP contribution in [0.4, 0.5) is 4.39 Å². The number of hydrogen-bond acceptors (Lipinski definition) is 3. The molecule has 0 saturated carbocycles. The molecular formula is C12H13BrFNO3S. The number of benzene rings is 1. The Kier molecular flexibility index (Phi) is 3.70. The van der Waals surface area contributed by atoms with E-state index < -0.39 is 27.1 Å². The standard InChI is InChI=1S/C12H13BrFNO3S/c1-12(4-5-19(17,18)7-12)15-11(16)9-6-8(14)2-3-10(9)13/h2-3,6H,4-5,7H2,1H3,(H,15,16)/t12-/m0/s1. The highest BCUT2D eigenvalue weighted by molar-refractivity contribution is 9.10. The van der Waals surface area contributed by atoms with Crippen molar-refractivity contribution in [2.24, 2.45) is 0 Å². The highest BCUT2D eigenvalue weighted by atomic mass is 79.9. The minimum Gasteiger partial charge on any atom is -0.346 e. The molecule has 104 valence electrons. The van der Waals surface area contributed by atoms with Crippen LogP contribution in [0.3, 0.4) is 0 Å². The third-order valence-corrected chi connectivity index (χ3v) is 5.69. The van der Waals surface area contributed by atoms with Crippen LogP contribution in [-0.2, 0) is 9.84 Å². The van der Waals surface area contributed by atoms with E-state index in [2.05, 4.69) is 21.2 Å². The predicted molar refractivity (Wildman–Crippen MR) is 73.2 cm³/mol. The van der Waals surface area contributed by atoms with Crippen LogP contribution in [0.5, 0.6) is 0 Å². The lowest BCUT2D eigenvalue weighted by Crippen LogP contribution is -2.47. The van der Waals surface area contributed by atoms with Crippen LogP contribution in [0.25, 0.3) is 0 Å². The van der Waals surface area contributed by atoms with Gasteiger partial charge in [-0.05, 0) is 47.5 Å². The maximum Gasteiger partial charge on any atom is 0.252 e. The molecular weight excluding hydrogens is 337 g/mol. The van der Waals surface area contributed by atoms with E-state index in [4.69, 9.17) is 0 Å². The molecule has 2 rings (SSSR count). The molecule has 1 aliphatic heterocycles. The van der Waals surface area contributed by atoms with Gasteiger partial charge in [0.15, 0.2) is 9.84 Å². The van der Waals surface area contributed by atoms with Gasteiger partial charge in [-0.2, -0.15) is 0 Å². The first-order chi connectivity index (χ1) is 8.71. The number of carbonyl (C=O) groups excluding carboxylic acids is 1. The fourth-order valence-electron chi connectivity index (χ4n) is 2.12. The molecule has 19 heavy (non-hydrogen) atoms. The molecule has 4 nitrogen and oxygen atoms in total. The molecule has 1 aliphatic rings. The second-order valence-electron chi connectivity index (χ2n) is 4.98. The molecule has 1 saturated heterocycles. The number of sulfone groups is 1. The largest absolute Gasteiger partial charge is 0.346 e. The van der Waals surface area contributed by atoms with Gasteiger partial charge < -0.3 is 5.32 Å². The van der Waals surface area contributed by atoms with Crippen LogP contribution in [-0.4, -0.2) is 31.4 Å². The summed E-state index contributed by atoms with van der Waals surface area (Å²) in [6, 6.07) is 3.80. The Balaban J connectivity index is 2.20. The fraction of sp³-hybridized carbons (Fsp3) is 0.417. The van der Waals surface area contributed by atoms with Crippen molar-refractivity contribution in [1.29, 1.82) is 0 Å². The first-order valence-electron chi connectivity index (χ1n) is 5.69. The van der Waals surface area contributed by atoms with Crippen molar-refractivity contribution in [3.8, 4) is 0 Å². The van der Waals surface area contributed by atoms with E-state index in [9.17, 15) is 17.6 Å². The first-order valence-corrected chi connectivity index (χ1v) is 8.30. The maximum atomic E-state index is 13.1. The van der Waals surface area contributed by atoms with E-state index in [1.165, 1.54) is 12.1 Å². The van der Waals surface area contributed by atoms with Crippen molar-refractivity contribution in [3.63, 3.8) is 0 Å². The summed E-state index contributed by atoms with van der Waals surface area (Å²) in [4.78, 5) is 12.1. The number of hydrogen-bond donors (Lipinski definition) is 1. The number of rotatable bonds is 2. The van der Waals surface area contributed by atoms with E-state index in [0.29, 0.717) is 10.9 Å². The summed E-state index contributed by atoms with van der Waals surface area (Å²) in [5.74, 6) is -1.02. The van der Waals surface area contributed by atoms with E-state index in [1.807, 2.05) is 0 Å². The van der Waals surface area contributed by atoms with Crippen molar-refractivity contribution in [3.05, 3.63) is 34.1 Å². The Morgan fingerprint density at radius 1 is 1.47 bits per heavy atom. The van der Waals surface area contributed by atoms with Crippen molar-refractivity contribution in [2.75, 3.05) is 11.5 Å². The zero-order chi connectivity index (χ0) is 14.3. The van der Waals surface area contributed by atoms with Crippen molar-refractivity contribution >= 4 is 31.7 Å². The van der Waals surface area contributed by atoms with E-state index in [1.54, 1.807) is 6.92 Å². The Morgan fingerprint density at radius 2 is 2.16 bits per heavy atom. The number of halogens is 2. The Morgan fingerprint density at radius 3 is 2.74 bits per heavy atom. The van der Waals surface area contributed by atoms with Crippen molar-refractivity contribution in [2.45, 2.75) is 18.9 Å². The molecule has 1 aromatic carbocycles. The summed E-state index contributed by atoms with van der Waals surface area (Å²) in [5.41, 5.74) is -0.632. The smallest absolute Gasteiger partial charge is 0.252 e. The van der Waals surface area contributed by atoms with Crippen LogP contribution in [0.2, 0.25) is 0 Å². The second-order valence-corrected chi connectivity index (χ2v) is 8.02. The molecule has 7 heteroatoms. The van der Waals surface area contributed by atoms with Gasteiger partial charge in [-0.1, -0.05) is 0 Å². The summed E-state index contributed by atoms with van der Waals surface area (Å²) in [7, 11) is -3.10. The average Bonchev–Trinajstić information content (AvgIpc) is 2.56. The van der Waals surface area contributed by atoms with Crippen LogP contribution in [0.1, 0.15) is 23.7 Å². The van der Waals surface area contributed by atoms with Gasteiger partial charge in [-0.25, -0.2) is 12.8 Å². The van der Waals surface area contributed by atoms with Crippen LogP contribution >= 0.6 is 15.9 Å². The van der Waals surface area contributed by atoms with E-state index in [0.717, 1.165) is 6.07 Å². The molecule has 1 amide bonds. The SMILES string of the molecule is C[C@]1(NC(=O)c2cc(F)ccc2Br)CCS(=O)(=O)C1. The summed E-state index contributed by atoms with van der Waals surface area (Å²) < 4.78 is 36.5. The summed E-state index contributed by atoms with van der Waals surface area (Å²) in [5, 5.41) is 2.68. The lowest BCUT2D eigenvalue weighted by Gasteiger charge is -2.24. The minimum absolute atomic E-state index is 0.0636. The molecule has 0 aliphatic carbocycles. The van der Waals surface area contributed by atoms with E-state index >= 15 is 0 Å². The minimum atomic E-state index is -3.10. The van der Waals surface area contributed by atoms with Crippen LogP contribution in [0, 0.1) is 5.82 Å². The van der Waals surface area contributed by atoms with Crippen molar-refractivity contribution < 1.29 is 17.6 Å². The van der Waals surface area contributed by atoms with Gasteiger partial charge >= 0.3 is 0 Å². The summed E-state index contributed by atoms with van der Waals surface area (Å²) in [6.45, 7) is 1.68. The molecule has 1 heterocycles. The average molecular weight is 350 g/mol. The summed E-state index contributed by atoms with van der Waals surface area (Å²) in [6.07, 6.45) is 0.369. The third-order valence-electron chi connectivity index (χ3n) is 3.09. The molecule has 0 aromatic heterocycles. The molecule has 1 atom stereocenters. The molecule has 0 radical (unpaired) electrons. The Hall–Kier alpha value is -0.950. The van der Waals surface area contributed by atoms with Crippen LogP contribution < -0.4 is 5.32 Å². The number of amides is 1. The van der Waals surface area contributed by atoms with Crippen LogP contribution in [0.15, 0.2) is 22.7 Å². The molecule has 1 fully saturated rings. The topological polar surface area (TPSA) is 63.2 Å². The van der Waals surface area contributed by atoms with Gasteiger partial charge in [0.25, 0.3) is 5.91 Å². The first kappa shape index (κ1) is 14.5. The Bertz CT molecular complexity index is 632. The highest BCUT2D eigenvalue weighted by Gasteiger charge is 2.39. The molecule has 1 aromatic rings. The Labute approximate surface area is 119 Å². The zero-order valence-electron chi connectivity index (χ0n) is 10.2. The molecule has 0 bridgehead atoms. The fourth-order valence-corrected chi connectivity index (χ4v) is 4.64.